The van der Waals surface area contributed by atoms with Gasteiger partial charge in [-0.1, -0.05) is 22.9 Å². The lowest BCUT2D eigenvalue weighted by Crippen LogP contribution is -2.18. The molecule has 0 saturated heterocycles. The summed E-state index contributed by atoms with van der Waals surface area (Å²) < 4.78 is 10.9. The molecule has 102 valence electrons. The van der Waals surface area contributed by atoms with Gasteiger partial charge < -0.3 is 15.0 Å². The third-order valence-electron chi connectivity index (χ3n) is 2.80. The highest BCUT2D eigenvalue weighted by atomic mass is 16.5. The average Bonchev–Trinajstić information content (AvgIpc) is 2.73. The Bertz CT molecular complexity index is 547. The van der Waals surface area contributed by atoms with Crippen LogP contribution in [0.2, 0.25) is 0 Å². The fourth-order valence-electron chi connectivity index (χ4n) is 1.99. The average molecular weight is 260 g/mol. The van der Waals surface area contributed by atoms with Crippen LogP contribution in [-0.2, 0) is 13.0 Å². The molecule has 0 aliphatic rings. The van der Waals surface area contributed by atoms with Crippen molar-refractivity contribution in [1.82, 2.24) is 5.16 Å². The predicted octanol–water partition coefficient (Wildman–Crippen LogP) is 2.76. The molecule has 1 aromatic carbocycles. The van der Waals surface area contributed by atoms with Gasteiger partial charge in [-0.05, 0) is 38.8 Å². The molecule has 0 spiro atoms. The Kier molecular flexibility index (Phi) is 4.22. The minimum atomic E-state index is 0.108. The van der Waals surface area contributed by atoms with Crippen LogP contribution >= 0.6 is 0 Å². The van der Waals surface area contributed by atoms with Crippen molar-refractivity contribution in [2.45, 2.75) is 39.8 Å². The van der Waals surface area contributed by atoms with E-state index in [1.807, 2.05) is 32.0 Å². The number of aryl methyl sites for hydroxylation is 2. The van der Waals surface area contributed by atoms with Gasteiger partial charge in [-0.15, -0.1) is 0 Å². The molecule has 2 aromatic rings. The maximum Gasteiger partial charge on any atom is 0.174 e. The normalized spacial score (nSPS) is 12.4. The molecule has 1 heterocycles. The molecule has 2 N–H and O–H groups in total. The van der Waals surface area contributed by atoms with Gasteiger partial charge in [-0.25, -0.2) is 0 Å². The van der Waals surface area contributed by atoms with E-state index in [0.717, 1.165) is 29.2 Å². The third-order valence-corrected chi connectivity index (χ3v) is 2.80. The summed E-state index contributed by atoms with van der Waals surface area (Å²) in [6.45, 7) is 6.33. The first-order valence-electron chi connectivity index (χ1n) is 6.44. The Morgan fingerprint density at radius 1 is 1.32 bits per heavy atom. The van der Waals surface area contributed by atoms with Crippen LogP contribution in [0.5, 0.6) is 5.75 Å². The molecule has 0 amide bonds. The molecule has 0 fully saturated rings. The van der Waals surface area contributed by atoms with Crippen molar-refractivity contribution in [3.05, 3.63) is 46.8 Å². The second-order valence-electron chi connectivity index (χ2n) is 5.02. The van der Waals surface area contributed by atoms with Gasteiger partial charge >= 0.3 is 0 Å². The highest BCUT2D eigenvalue weighted by Gasteiger charge is 2.08. The number of hydrogen-bond acceptors (Lipinski definition) is 4. The van der Waals surface area contributed by atoms with Crippen LogP contribution in [0.1, 0.15) is 29.5 Å². The van der Waals surface area contributed by atoms with Crippen molar-refractivity contribution in [3.63, 3.8) is 0 Å². The van der Waals surface area contributed by atoms with E-state index in [9.17, 15) is 0 Å². The lowest BCUT2D eigenvalue weighted by Gasteiger charge is -2.13. The lowest BCUT2D eigenvalue weighted by atomic mass is 10.0. The van der Waals surface area contributed by atoms with Crippen LogP contribution in [0, 0.1) is 13.8 Å². The summed E-state index contributed by atoms with van der Waals surface area (Å²) in [5, 5.41) is 3.84. The molecule has 0 bridgehead atoms. The van der Waals surface area contributed by atoms with Crippen LogP contribution in [-0.4, -0.2) is 11.2 Å². The summed E-state index contributed by atoms with van der Waals surface area (Å²) in [5.41, 5.74) is 9.07. The zero-order valence-corrected chi connectivity index (χ0v) is 11.6. The largest absolute Gasteiger partial charge is 0.485 e. The molecule has 1 atom stereocenters. The monoisotopic (exact) mass is 260 g/mol. The van der Waals surface area contributed by atoms with Gasteiger partial charge in [-0.2, -0.15) is 0 Å². The zero-order valence-electron chi connectivity index (χ0n) is 11.6. The Balaban J connectivity index is 2.10. The number of hydrogen-bond donors (Lipinski definition) is 1. The second kappa shape index (κ2) is 5.89. The summed E-state index contributed by atoms with van der Waals surface area (Å²) >= 11 is 0. The van der Waals surface area contributed by atoms with Gasteiger partial charge in [0, 0.05) is 12.1 Å². The van der Waals surface area contributed by atoms with Crippen LogP contribution < -0.4 is 10.5 Å². The molecule has 1 aromatic heterocycles. The van der Waals surface area contributed by atoms with E-state index in [0.29, 0.717) is 6.61 Å². The SMILES string of the molecule is Cc1ccc(OCc2cc(C)no2)c(CC(C)N)c1. The van der Waals surface area contributed by atoms with E-state index < -0.39 is 0 Å². The van der Waals surface area contributed by atoms with Crippen LogP contribution in [0.4, 0.5) is 0 Å². The van der Waals surface area contributed by atoms with E-state index in [2.05, 4.69) is 18.1 Å². The molecule has 0 aliphatic heterocycles. The fourth-order valence-corrected chi connectivity index (χ4v) is 1.99. The summed E-state index contributed by atoms with van der Waals surface area (Å²) in [6, 6.07) is 8.11. The number of ether oxygens (including phenoxy) is 1. The molecule has 2 rings (SSSR count). The number of benzene rings is 1. The van der Waals surface area contributed by atoms with Gasteiger partial charge in [0.15, 0.2) is 5.76 Å². The number of rotatable bonds is 5. The van der Waals surface area contributed by atoms with E-state index >= 15 is 0 Å². The smallest absolute Gasteiger partial charge is 0.174 e. The first-order chi connectivity index (χ1) is 9.04. The van der Waals surface area contributed by atoms with Crippen molar-refractivity contribution in [1.29, 1.82) is 0 Å². The minimum Gasteiger partial charge on any atom is -0.485 e. The second-order valence-corrected chi connectivity index (χ2v) is 5.02. The Morgan fingerprint density at radius 2 is 2.11 bits per heavy atom. The van der Waals surface area contributed by atoms with E-state index in [4.69, 9.17) is 15.0 Å². The summed E-state index contributed by atoms with van der Waals surface area (Å²) in [4.78, 5) is 0. The zero-order chi connectivity index (χ0) is 13.8. The van der Waals surface area contributed by atoms with Crippen LogP contribution in [0.3, 0.4) is 0 Å². The van der Waals surface area contributed by atoms with Crippen molar-refractivity contribution in [3.8, 4) is 5.75 Å². The predicted molar refractivity (Wildman–Crippen MR) is 74.1 cm³/mol. The number of nitrogens with zero attached hydrogens (tertiary/aromatic N) is 1. The summed E-state index contributed by atoms with van der Waals surface area (Å²) in [5.74, 6) is 1.58. The molecule has 4 nitrogen and oxygen atoms in total. The van der Waals surface area contributed by atoms with Crippen molar-refractivity contribution in [2.24, 2.45) is 5.73 Å². The van der Waals surface area contributed by atoms with Crippen molar-refractivity contribution >= 4 is 0 Å². The van der Waals surface area contributed by atoms with Gasteiger partial charge in [-0.3, -0.25) is 0 Å². The Labute approximate surface area is 113 Å². The molecular formula is C15H20N2O2. The number of aromatic nitrogens is 1. The van der Waals surface area contributed by atoms with Gasteiger partial charge in [0.1, 0.15) is 12.4 Å². The highest BCUT2D eigenvalue weighted by Crippen LogP contribution is 2.22. The van der Waals surface area contributed by atoms with E-state index in [1.54, 1.807) is 0 Å². The first-order valence-corrected chi connectivity index (χ1v) is 6.44. The van der Waals surface area contributed by atoms with Crippen molar-refractivity contribution in [2.75, 3.05) is 0 Å². The van der Waals surface area contributed by atoms with Crippen LogP contribution in [0.25, 0.3) is 0 Å². The quantitative estimate of drug-likeness (QED) is 0.898. The Hall–Kier alpha value is -1.81. The van der Waals surface area contributed by atoms with Gasteiger partial charge in [0.2, 0.25) is 0 Å². The maximum atomic E-state index is 5.87. The minimum absolute atomic E-state index is 0.108. The third kappa shape index (κ3) is 3.83. The molecule has 19 heavy (non-hydrogen) atoms. The first kappa shape index (κ1) is 13.6. The molecular weight excluding hydrogens is 240 g/mol. The molecule has 1 unspecified atom stereocenters. The fraction of sp³-hybridized carbons (Fsp3) is 0.400. The Morgan fingerprint density at radius 3 is 2.74 bits per heavy atom. The van der Waals surface area contributed by atoms with E-state index in [1.165, 1.54) is 5.56 Å². The van der Waals surface area contributed by atoms with Gasteiger partial charge in [0.05, 0.1) is 5.69 Å². The van der Waals surface area contributed by atoms with Crippen LogP contribution in [0.15, 0.2) is 28.8 Å². The topological polar surface area (TPSA) is 61.3 Å². The standard InChI is InChI=1S/C15H20N2O2/c1-10-4-5-15(13(6-10)7-11(2)16)18-9-14-8-12(3)17-19-14/h4-6,8,11H,7,9,16H2,1-3H3. The molecule has 0 radical (unpaired) electrons. The number of nitrogens with two attached hydrogens (primary N) is 1. The molecule has 0 aliphatic carbocycles. The van der Waals surface area contributed by atoms with E-state index in [-0.39, 0.29) is 6.04 Å². The molecule has 0 saturated carbocycles. The maximum absolute atomic E-state index is 5.87. The van der Waals surface area contributed by atoms with Crippen molar-refractivity contribution < 1.29 is 9.26 Å². The molecule has 4 heteroatoms. The lowest BCUT2D eigenvalue weighted by molar-refractivity contribution is 0.246. The summed E-state index contributed by atoms with van der Waals surface area (Å²) in [7, 11) is 0. The summed E-state index contributed by atoms with van der Waals surface area (Å²) in [6.07, 6.45) is 0.798. The highest BCUT2D eigenvalue weighted by molar-refractivity contribution is 5.37. The van der Waals surface area contributed by atoms with Gasteiger partial charge in [0.25, 0.3) is 0 Å².